The zero-order valence-corrected chi connectivity index (χ0v) is 12.3. The number of hydrogen-bond acceptors (Lipinski definition) is 3. The molecule has 3 fully saturated rings. The highest BCUT2D eigenvalue weighted by atomic mass is 16.5. The van der Waals surface area contributed by atoms with Crippen molar-refractivity contribution in [1.82, 2.24) is 5.32 Å². The third kappa shape index (κ3) is 2.98. The van der Waals surface area contributed by atoms with Crippen molar-refractivity contribution in [3.63, 3.8) is 0 Å². The van der Waals surface area contributed by atoms with Crippen molar-refractivity contribution in [3.8, 4) is 0 Å². The Labute approximate surface area is 117 Å². The van der Waals surface area contributed by atoms with Gasteiger partial charge in [0.15, 0.2) is 0 Å². The number of rotatable bonds is 3. The van der Waals surface area contributed by atoms with Crippen LogP contribution in [-0.4, -0.2) is 39.0 Å². The van der Waals surface area contributed by atoms with Crippen LogP contribution in [0.1, 0.15) is 44.9 Å². The van der Waals surface area contributed by atoms with Gasteiger partial charge in [0.05, 0.1) is 5.60 Å². The number of ether oxygens (including phenoxy) is 2. The van der Waals surface area contributed by atoms with E-state index < -0.39 is 0 Å². The maximum absolute atomic E-state index is 6.20. The molecular weight excluding hydrogens is 238 g/mol. The van der Waals surface area contributed by atoms with Crippen molar-refractivity contribution in [1.29, 1.82) is 0 Å². The molecule has 2 heterocycles. The Bertz CT molecular complexity index is 283. The normalized spacial score (nSPS) is 38.7. The predicted octanol–water partition coefficient (Wildman–Crippen LogP) is 2.60. The summed E-state index contributed by atoms with van der Waals surface area (Å²) in [5.74, 6) is 2.74. The van der Waals surface area contributed by atoms with Crippen molar-refractivity contribution in [2.75, 3.05) is 33.4 Å². The number of nitrogens with one attached hydrogen (secondary N) is 1. The fourth-order valence-electron chi connectivity index (χ4n) is 4.72. The van der Waals surface area contributed by atoms with Gasteiger partial charge in [-0.1, -0.05) is 6.42 Å². The van der Waals surface area contributed by atoms with Gasteiger partial charge in [0, 0.05) is 19.8 Å². The van der Waals surface area contributed by atoms with Gasteiger partial charge in [0.2, 0.25) is 0 Å². The summed E-state index contributed by atoms with van der Waals surface area (Å²) < 4.78 is 11.7. The predicted molar refractivity (Wildman–Crippen MR) is 76.2 cm³/mol. The Kier molecular flexibility index (Phi) is 4.45. The smallest absolute Gasteiger partial charge is 0.0729 e. The van der Waals surface area contributed by atoms with Crippen molar-refractivity contribution in [2.45, 2.75) is 50.5 Å². The van der Waals surface area contributed by atoms with Crippen molar-refractivity contribution in [3.05, 3.63) is 0 Å². The first-order valence-corrected chi connectivity index (χ1v) is 8.19. The lowest BCUT2D eigenvalue weighted by Crippen LogP contribution is -2.46. The zero-order chi connectivity index (χ0) is 13.1. The van der Waals surface area contributed by atoms with Crippen molar-refractivity contribution >= 4 is 0 Å². The molecule has 1 aliphatic carbocycles. The lowest BCUT2D eigenvalue weighted by Gasteiger charge is -2.45. The first kappa shape index (κ1) is 13.8. The maximum atomic E-state index is 6.20. The highest BCUT2D eigenvalue weighted by molar-refractivity contribution is 4.94. The summed E-state index contributed by atoms with van der Waals surface area (Å²) in [6, 6.07) is 0. The summed E-state index contributed by atoms with van der Waals surface area (Å²) in [6.45, 7) is 3.99. The van der Waals surface area contributed by atoms with E-state index in [1.54, 1.807) is 0 Å². The molecule has 110 valence electrons. The Morgan fingerprint density at radius 3 is 2.74 bits per heavy atom. The maximum Gasteiger partial charge on any atom is 0.0729 e. The van der Waals surface area contributed by atoms with Crippen molar-refractivity contribution in [2.24, 2.45) is 17.8 Å². The van der Waals surface area contributed by atoms with E-state index in [1.165, 1.54) is 38.6 Å². The van der Waals surface area contributed by atoms with Gasteiger partial charge in [-0.15, -0.1) is 0 Å². The largest absolute Gasteiger partial charge is 0.381 e. The number of hydrogen-bond donors (Lipinski definition) is 1. The van der Waals surface area contributed by atoms with E-state index in [-0.39, 0.29) is 5.60 Å². The monoisotopic (exact) mass is 267 g/mol. The lowest BCUT2D eigenvalue weighted by atomic mass is 9.72. The molecule has 0 aromatic carbocycles. The van der Waals surface area contributed by atoms with Gasteiger partial charge in [0.1, 0.15) is 0 Å². The second-order valence-corrected chi connectivity index (χ2v) is 6.81. The minimum atomic E-state index is 0.175. The molecular formula is C16H29NO2. The Balaban J connectivity index is 1.64. The summed E-state index contributed by atoms with van der Waals surface area (Å²) in [5.41, 5.74) is 0.175. The molecule has 1 N–H and O–H groups in total. The van der Waals surface area contributed by atoms with E-state index in [1.807, 2.05) is 0 Å². The average molecular weight is 267 g/mol. The second kappa shape index (κ2) is 6.11. The minimum Gasteiger partial charge on any atom is -0.381 e. The first-order valence-electron chi connectivity index (χ1n) is 8.19. The van der Waals surface area contributed by atoms with E-state index in [4.69, 9.17) is 9.47 Å². The van der Waals surface area contributed by atoms with E-state index >= 15 is 0 Å². The summed E-state index contributed by atoms with van der Waals surface area (Å²) in [6.07, 6.45) is 9.13. The molecule has 3 aliphatic rings. The van der Waals surface area contributed by atoms with Gasteiger partial charge in [-0.25, -0.2) is 0 Å². The molecule has 0 radical (unpaired) electrons. The standard InChI is InChI=1S/C16H29NO2/c1-17-12-14-3-2-4-15(14)13-5-8-19-16(11-13)6-9-18-10-7-16/h13-15,17H,2-12H2,1H3. The molecule has 0 aromatic heterocycles. The molecule has 3 unspecified atom stereocenters. The van der Waals surface area contributed by atoms with E-state index in [0.717, 1.165) is 50.4 Å². The van der Waals surface area contributed by atoms with Crippen LogP contribution in [0.15, 0.2) is 0 Å². The highest BCUT2D eigenvalue weighted by Crippen LogP contribution is 2.46. The Morgan fingerprint density at radius 2 is 1.95 bits per heavy atom. The summed E-state index contributed by atoms with van der Waals surface area (Å²) >= 11 is 0. The van der Waals surface area contributed by atoms with Crippen LogP contribution in [0.25, 0.3) is 0 Å². The Hall–Kier alpha value is -0.120. The van der Waals surface area contributed by atoms with Crippen molar-refractivity contribution < 1.29 is 9.47 Å². The molecule has 1 saturated carbocycles. The molecule has 3 atom stereocenters. The van der Waals surface area contributed by atoms with Crippen LogP contribution in [-0.2, 0) is 9.47 Å². The molecule has 2 saturated heterocycles. The fraction of sp³-hybridized carbons (Fsp3) is 1.00. The molecule has 0 aromatic rings. The van der Waals surface area contributed by atoms with Crippen LogP contribution in [0.5, 0.6) is 0 Å². The van der Waals surface area contributed by atoms with Gasteiger partial charge in [-0.3, -0.25) is 0 Å². The fourth-order valence-corrected chi connectivity index (χ4v) is 4.72. The third-order valence-corrected chi connectivity index (χ3v) is 5.72. The summed E-state index contributed by atoms with van der Waals surface area (Å²) in [5, 5.41) is 3.40. The zero-order valence-electron chi connectivity index (χ0n) is 12.3. The molecule has 1 spiro atoms. The third-order valence-electron chi connectivity index (χ3n) is 5.72. The average Bonchev–Trinajstić information content (AvgIpc) is 2.88. The second-order valence-electron chi connectivity index (χ2n) is 6.81. The molecule has 3 heteroatoms. The van der Waals surface area contributed by atoms with Gasteiger partial charge in [0.25, 0.3) is 0 Å². The lowest BCUT2D eigenvalue weighted by molar-refractivity contribution is -0.154. The van der Waals surface area contributed by atoms with E-state index in [9.17, 15) is 0 Å². The van der Waals surface area contributed by atoms with E-state index in [0.29, 0.717) is 0 Å². The van der Waals surface area contributed by atoms with Gasteiger partial charge < -0.3 is 14.8 Å². The minimum absolute atomic E-state index is 0.175. The Morgan fingerprint density at radius 1 is 1.11 bits per heavy atom. The first-order chi connectivity index (χ1) is 9.33. The quantitative estimate of drug-likeness (QED) is 0.852. The van der Waals surface area contributed by atoms with Crippen LogP contribution in [0.3, 0.4) is 0 Å². The van der Waals surface area contributed by atoms with Crippen LogP contribution in [0.2, 0.25) is 0 Å². The molecule has 0 amide bonds. The SMILES string of the molecule is CNCC1CCCC1C1CCOC2(CCOCC2)C1. The highest BCUT2D eigenvalue weighted by Gasteiger charge is 2.43. The van der Waals surface area contributed by atoms with Crippen LogP contribution in [0.4, 0.5) is 0 Å². The molecule has 19 heavy (non-hydrogen) atoms. The molecule has 3 nitrogen and oxygen atoms in total. The van der Waals surface area contributed by atoms with Crippen LogP contribution in [0, 0.1) is 17.8 Å². The van der Waals surface area contributed by atoms with Crippen LogP contribution >= 0.6 is 0 Å². The van der Waals surface area contributed by atoms with Gasteiger partial charge in [-0.2, -0.15) is 0 Å². The summed E-state index contributed by atoms with van der Waals surface area (Å²) in [4.78, 5) is 0. The van der Waals surface area contributed by atoms with Crippen LogP contribution < -0.4 is 5.32 Å². The molecule has 2 aliphatic heterocycles. The van der Waals surface area contributed by atoms with Gasteiger partial charge >= 0.3 is 0 Å². The topological polar surface area (TPSA) is 30.5 Å². The van der Waals surface area contributed by atoms with Gasteiger partial charge in [-0.05, 0) is 69.9 Å². The van der Waals surface area contributed by atoms with E-state index in [2.05, 4.69) is 12.4 Å². The molecule has 0 bridgehead atoms. The molecule has 3 rings (SSSR count). The summed E-state index contributed by atoms with van der Waals surface area (Å²) in [7, 11) is 2.10.